The maximum atomic E-state index is 13.3. The Morgan fingerprint density at radius 1 is 0.872 bits per heavy atom. The van der Waals surface area contributed by atoms with Gasteiger partial charge in [-0.15, -0.1) is 0 Å². The van der Waals surface area contributed by atoms with E-state index in [9.17, 15) is 24.3 Å². The molecule has 0 aliphatic rings. The fraction of sp³-hybridized carbons (Fsp3) is 0.577. The van der Waals surface area contributed by atoms with Crippen molar-refractivity contribution in [1.29, 1.82) is 0 Å². The minimum atomic E-state index is -1.18. The highest BCUT2D eigenvalue weighted by atomic mass is 16.4. The van der Waals surface area contributed by atoms with Crippen molar-refractivity contribution < 1.29 is 24.3 Å². The van der Waals surface area contributed by atoms with E-state index in [4.69, 9.17) is 22.9 Å². The topological polar surface area (TPSA) is 241 Å². The number of aliphatic carboxylic acids is 1. The summed E-state index contributed by atoms with van der Waals surface area (Å²) in [5.74, 6) is -3.36. The summed E-state index contributed by atoms with van der Waals surface area (Å²) >= 11 is 0. The van der Waals surface area contributed by atoms with Crippen LogP contribution in [-0.2, 0) is 25.6 Å². The summed E-state index contributed by atoms with van der Waals surface area (Å²) in [7, 11) is 0. The zero-order chi connectivity index (χ0) is 29.4. The van der Waals surface area contributed by atoms with Crippen LogP contribution in [0.5, 0.6) is 0 Å². The number of carboxylic acid groups (broad SMARTS) is 1. The molecule has 0 bridgehead atoms. The third kappa shape index (κ3) is 13.1. The van der Waals surface area contributed by atoms with Gasteiger partial charge in [-0.1, -0.05) is 44.2 Å². The third-order valence-electron chi connectivity index (χ3n) is 6.03. The number of carbonyl (C=O) groups is 4. The summed E-state index contributed by atoms with van der Waals surface area (Å²) in [5.41, 5.74) is 23.0. The molecule has 39 heavy (non-hydrogen) atoms. The second-order valence-electron chi connectivity index (χ2n) is 9.72. The molecule has 1 rings (SSSR count). The van der Waals surface area contributed by atoms with Crippen molar-refractivity contribution in [1.82, 2.24) is 16.0 Å². The number of nitrogens with zero attached hydrogens (tertiary/aromatic N) is 1. The van der Waals surface area contributed by atoms with E-state index in [2.05, 4.69) is 20.9 Å². The van der Waals surface area contributed by atoms with Gasteiger partial charge >= 0.3 is 5.97 Å². The van der Waals surface area contributed by atoms with Gasteiger partial charge in [-0.3, -0.25) is 19.4 Å². The molecule has 0 spiro atoms. The number of amides is 3. The molecule has 0 fully saturated rings. The van der Waals surface area contributed by atoms with Crippen molar-refractivity contribution >= 4 is 29.7 Å². The number of hydrogen-bond acceptors (Lipinski definition) is 7. The first-order chi connectivity index (χ1) is 18.5. The van der Waals surface area contributed by atoms with Crippen LogP contribution in [0.25, 0.3) is 0 Å². The standard InChI is InChI=1S/C26H44N8O5/c1-16(2)21(25(38)39)34-24(37)20(15-17-9-4-3-5-10-17)33-23(36)19(12-6-7-13-27)32-22(35)18(28)11-8-14-31-26(29)30/h3-5,9-10,16,18-21H,6-8,11-15,27-28H2,1-2H3,(H,32,35)(H,33,36)(H,34,37)(H,38,39)(H4,29,30,31)/t18-,19-,20-,21-/m0/s1. The number of benzene rings is 1. The lowest BCUT2D eigenvalue weighted by Crippen LogP contribution is -2.58. The Kier molecular flexibility index (Phi) is 15.2. The molecule has 0 aliphatic carbocycles. The molecule has 13 heteroatoms. The summed E-state index contributed by atoms with van der Waals surface area (Å²) in [6.45, 7) is 4.08. The molecule has 1 aromatic rings. The van der Waals surface area contributed by atoms with E-state index in [1.54, 1.807) is 38.1 Å². The van der Waals surface area contributed by atoms with Gasteiger partial charge in [-0.05, 0) is 50.1 Å². The maximum absolute atomic E-state index is 13.3. The summed E-state index contributed by atoms with van der Waals surface area (Å²) in [6.07, 6.45) is 2.35. The van der Waals surface area contributed by atoms with Crippen LogP contribution in [0, 0.1) is 5.92 Å². The molecule has 4 atom stereocenters. The van der Waals surface area contributed by atoms with Crippen LogP contribution in [0.4, 0.5) is 0 Å². The average molecular weight is 549 g/mol. The van der Waals surface area contributed by atoms with Crippen molar-refractivity contribution in [3.63, 3.8) is 0 Å². The van der Waals surface area contributed by atoms with Gasteiger partial charge in [0.15, 0.2) is 5.96 Å². The molecular formula is C26H44N8O5. The van der Waals surface area contributed by atoms with E-state index >= 15 is 0 Å². The van der Waals surface area contributed by atoms with E-state index in [0.717, 1.165) is 5.56 Å². The zero-order valence-electron chi connectivity index (χ0n) is 22.8. The van der Waals surface area contributed by atoms with E-state index in [-0.39, 0.29) is 24.7 Å². The number of guanidine groups is 1. The molecule has 0 saturated carbocycles. The lowest BCUT2D eigenvalue weighted by molar-refractivity contribution is -0.143. The van der Waals surface area contributed by atoms with Crippen LogP contribution >= 0.6 is 0 Å². The molecule has 3 amide bonds. The molecule has 0 radical (unpaired) electrons. The normalized spacial score (nSPS) is 14.0. The number of carbonyl (C=O) groups excluding carboxylic acids is 3. The van der Waals surface area contributed by atoms with Crippen molar-refractivity contribution in [2.24, 2.45) is 33.8 Å². The second kappa shape index (κ2) is 17.7. The monoisotopic (exact) mass is 548 g/mol. The Morgan fingerprint density at radius 2 is 1.49 bits per heavy atom. The Balaban J connectivity index is 3.04. The number of nitrogens with one attached hydrogen (secondary N) is 3. The predicted octanol–water partition coefficient (Wildman–Crippen LogP) is -1.07. The van der Waals surface area contributed by atoms with Crippen molar-refractivity contribution in [2.75, 3.05) is 13.1 Å². The Hall–Kier alpha value is -3.71. The van der Waals surface area contributed by atoms with Crippen LogP contribution in [0.2, 0.25) is 0 Å². The maximum Gasteiger partial charge on any atom is 0.326 e. The minimum Gasteiger partial charge on any atom is -0.480 e. The summed E-state index contributed by atoms with van der Waals surface area (Å²) in [5, 5.41) is 17.4. The van der Waals surface area contributed by atoms with Crippen LogP contribution in [0.3, 0.4) is 0 Å². The Morgan fingerprint density at radius 3 is 2.05 bits per heavy atom. The van der Waals surface area contributed by atoms with Crippen molar-refractivity contribution in [2.45, 2.75) is 76.5 Å². The molecule has 13 nitrogen and oxygen atoms in total. The average Bonchev–Trinajstić information content (AvgIpc) is 2.88. The van der Waals surface area contributed by atoms with E-state index in [1.807, 2.05) is 6.07 Å². The molecule has 0 unspecified atom stereocenters. The number of hydrogen-bond donors (Lipinski definition) is 8. The lowest BCUT2D eigenvalue weighted by atomic mass is 10.0. The van der Waals surface area contributed by atoms with Gasteiger partial charge in [0, 0.05) is 13.0 Å². The largest absolute Gasteiger partial charge is 0.480 e. The number of nitrogens with two attached hydrogens (primary N) is 4. The number of rotatable bonds is 18. The highest BCUT2D eigenvalue weighted by molar-refractivity contribution is 5.94. The fourth-order valence-corrected chi connectivity index (χ4v) is 3.79. The molecule has 0 saturated heterocycles. The van der Waals surface area contributed by atoms with Gasteiger partial charge in [-0.2, -0.15) is 0 Å². The van der Waals surface area contributed by atoms with Gasteiger partial charge in [0.1, 0.15) is 18.1 Å². The lowest BCUT2D eigenvalue weighted by Gasteiger charge is -2.26. The first-order valence-corrected chi connectivity index (χ1v) is 13.1. The molecular weight excluding hydrogens is 504 g/mol. The van der Waals surface area contributed by atoms with Gasteiger partial charge < -0.3 is 44.0 Å². The number of aliphatic imine (C=N–C) groups is 1. The number of carboxylic acids is 1. The Bertz CT molecular complexity index is 953. The molecule has 1 aromatic carbocycles. The van der Waals surface area contributed by atoms with Gasteiger partial charge in [0.2, 0.25) is 17.7 Å². The summed E-state index contributed by atoms with van der Waals surface area (Å²) in [6, 6.07) is 4.92. The summed E-state index contributed by atoms with van der Waals surface area (Å²) < 4.78 is 0. The third-order valence-corrected chi connectivity index (χ3v) is 6.03. The zero-order valence-corrected chi connectivity index (χ0v) is 22.8. The Labute approximate surface area is 229 Å². The molecule has 12 N–H and O–H groups in total. The van der Waals surface area contributed by atoms with Crippen LogP contribution in [0.15, 0.2) is 35.3 Å². The number of unbranched alkanes of at least 4 members (excludes halogenated alkanes) is 1. The van der Waals surface area contributed by atoms with E-state index in [1.165, 1.54) is 0 Å². The van der Waals surface area contributed by atoms with E-state index < -0.39 is 47.9 Å². The van der Waals surface area contributed by atoms with Crippen LogP contribution in [-0.4, -0.2) is 72.0 Å². The fourth-order valence-electron chi connectivity index (χ4n) is 3.79. The highest BCUT2D eigenvalue weighted by Crippen LogP contribution is 2.09. The van der Waals surface area contributed by atoms with Crippen LogP contribution in [0.1, 0.15) is 51.5 Å². The second-order valence-corrected chi connectivity index (χ2v) is 9.72. The molecule has 0 aromatic heterocycles. The first-order valence-electron chi connectivity index (χ1n) is 13.1. The smallest absolute Gasteiger partial charge is 0.326 e. The molecule has 218 valence electrons. The van der Waals surface area contributed by atoms with Crippen LogP contribution < -0.4 is 38.9 Å². The SMILES string of the molecule is CC(C)[C@H](NC(=O)[C@H](Cc1ccccc1)NC(=O)[C@H](CCCCN)NC(=O)[C@@H](N)CCCN=C(N)N)C(=O)O. The predicted molar refractivity (Wildman–Crippen MR) is 149 cm³/mol. The summed E-state index contributed by atoms with van der Waals surface area (Å²) in [4.78, 5) is 54.8. The van der Waals surface area contributed by atoms with E-state index in [0.29, 0.717) is 38.8 Å². The van der Waals surface area contributed by atoms with Gasteiger partial charge in [-0.25, -0.2) is 4.79 Å². The quantitative estimate of drug-likeness (QED) is 0.0632. The first kappa shape index (κ1) is 33.3. The van der Waals surface area contributed by atoms with Gasteiger partial charge in [0.25, 0.3) is 0 Å². The molecule has 0 heterocycles. The minimum absolute atomic E-state index is 0.0539. The highest BCUT2D eigenvalue weighted by Gasteiger charge is 2.31. The van der Waals surface area contributed by atoms with Gasteiger partial charge in [0.05, 0.1) is 6.04 Å². The van der Waals surface area contributed by atoms with Crippen molar-refractivity contribution in [3.8, 4) is 0 Å². The van der Waals surface area contributed by atoms with Crippen molar-refractivity contribution in [3.05, 3.63) is 35.9 Å². The molecule has 0 aliphatic heterocycles.